The molecule has 70 heavy (non-hydrogen) atoms. The molecule has 0 aliphatic heterocycles. The normalized spacial score (nSPS) is 9.84. The summed E-state index contributed by atoms with van der Waals surface area (Å²) in [7, 11) is 0. The number of hydrogen-bond donors (Lipinski definition) is 0. The summed E-state index contributed by atoms with van der Waals surface area (Å²) in [5, 5.41) is 16.5. The summed E-state index contributed by atoms with van der Waals surface area (Å²) >= 11 is 0. The van der Waals surface area contributed by atoms with Crippen LogP contribution in [0.5, 0.6) is 5.75 Å². The van der Waals surface area contributed by atoms with Crippen LogP contribution in [-0.4, -0.2) is 36.1 Å². The first kappa shape index (κ1) is 54.1. The van der Waals surface area contributed by atoms with Crippen molar-refractivity contribution in [2.75, 3.05) is 0 Å². The fourth-order valence-electron chi connectivity index (χ4n) is 5.82. The van der Waals surface area contributed by atoms with Crippen molar-refractivity contribution < 1.29 is 28.7 Å². The Morgan fingerprint density at radius 3 is 1.26 bits per heavy atom. The first-order valence-electron chi connectivity index (χ1n) is 20.8. The first-order chi connectivity index (χ1) is 34.1. The van der Waals surface area contributed by atoms with E-state index >= 15 is 0 Å². The number of ether oxygens (including phenoxy) is 2. The monoisotopic (exact) mass is 924 g/mol. The van der Waals surface area contributed by atoms with Crippen LogP contribution in [0.3, 0.4) is 0 Å². The van der Waals surface area contributed by atoms with Crippen LogP contribution < -0.4 is 4.74 Å². The third-order valence-electron chi connectivity index (χ3n) is 9.23. The molecular formula is C56H44N8O6. The van der Waals surface area contributed by atoms with E-state index in [1.807, 2.05) is 80.6 Å². The second kappa shape index (κ2) is 31.6. The third-order valence-corrected chi connectivity index (χ3v) is 9.23. The Bertz CT molecular complexity index is 3010. The highest BCUT2D eigenvalue weighted by molar-refractivity contribution is 5.63. The van der Waals surface area contributed by atoms with Crippen molar-refractivity contribution in [2.24, 2.45) is 30.0 Å². The summed E-state index contributed by atoms with van der Waals surface area (Å²) in [5.74, 6) is 6.14. The lowest BCUT2D eigenvalue weighted by molar-refractivity contribution is 0.367. The van der Waals surface area contributed by atoms with Crippen LogP contribution in [0, 0.1) is 36.9 Å². The predicted octanol–water partition coefficient (Wildman–Crippen LogP) is 13.0. The molecule has 0 aromatic heterocycles. The molecule has 0 N–H and O–H groups in total. The van der Waals surface area contributed by atoms with Crippen LogP contribution in [-0.2, 0) is 36.8 Å². The lowest BCUT2D eigenvalue weighted by atomic mass is 10.0. The number of nitriles is 2. The Morgan fingerprint density at radius 2 is 0.857 bits per heavy atom. The van der Waals surface area contributed by atoms with E-state index in [1.54, 1.807) is 73.2 Å². The van der Waals surface area contributed by atoms with E-state index in [-0.39, 0.29) is 0 Å². The first-order valence-corrected chi connectivity index (χ1v) is 20.8. The van der Waals surface area contributed by atoms with Gasteiger partial charge in [0.1, 0.15) is 11.5 Å². The molecule has 0 heterocycles. The fraction of sp³-hybridized carbons (Fsp3) is 0.107. The second-order valence-corrected chi connectivity index (χ2v) is 14.4. The zero-order valence-corrected chi connectivity index (χ0v) is 38.5. The maximum atomic E-state index is 10.1. The van der Waals surface area contributed by atoms with Gasteiger partial charge in [0.05, 0.1) is 34.1 Å². The summed E-state index contributed by atoms with van der Waals surface area (Å²) in [6.45, 7) is 12.6. The highest BCUT2D eigenvalue weighted by Crippen LogP contribution is 2.24. The van der Waals surface area contributed by atoms with Crippen LogP contribution in [0.15, 0.2) is 206 Å². The highest BCUT2D eigenvalue weighted by atomic mass is 16.5. The minimum atomic E-state index is 0.563. The minimum absolute atomic E-state index is 0.563. The van der Waals surface area contributed by atoms with E-state index < -0.39 is 0 Å². The topological polar surface area (TPSA) is 208 Å². The fourth-order valence-corrected chi connectivity index (χ4v) is 5.82. The average Bonchev–Trinajstić information content (AvgIpc) is 3.79. The van der Waals surface area contributed by atoms with Crippen LogP contribution >= 0.6 is 0 Å². The molecule has 0 saturated heterocycles. The van der Waals surface area contributed by atoms with Crippen LogP contribution in [0.2, 0.25) is 0 Å². The molecule has 14 nitrogen and oxygen atoms in total. The molecule has 6 aromatic rings. The molecule has 1 aliphatic carbocycles. The molecule has 0 radical (unpaired) electrons. The molecule has 344 valence electrons. The SMILES string of the molecule is C=C=Nc1ccc(C)c(N=C=O)c1.C=C=Nc1ccc(N=C=O)cc1.CC1=CC=C(OC#N)C1.Cc1ccc(Cc2ccc(OC#N)cc2)cc1.O=C=Nc1ccc(Cc2ccc(N=C=O)cc2)cc1. The Morgan fingerprint density at radius 1 is 0.471 bits per heavy atom. The molecule has 0 bridgehead atoms. The molecule has 14 heteroatoms. The van der Waals surface area contributed by atoms with Crippen molar-refractivity contribution >= 4 is 70.2 Å². The summed E-state index contributed by atoms with van der Waals surface area (Å²) in [6.07, 6.45) is 15.5. The molecule has 0 atom stereocenters. The van der Waals surface area contributed by atoms with E-state index in [2.05, 4.69) is 90.8 Å². The van der Waals surface area contributed by atoms with Crippen molar-refractivity contribution in [3.8, 4) is 18.3 Å². The lowest BCUT2D eigenvalue weighted by Crippen LogP contribution is -1.89. The molecule has 7 rings (SSSR count). The second-order valence-electron chi connectivity index (χ2n) is 14.4. The third kappa shape index (κ3) is 21.2. The van der Waals surface area contributed by atoms with Gasteiger partial charge in [-0.15, -0.1) is 10.5 Å². The number of aliphatic imine (C=N–C) groups is 6. The number of rotatable bonds is 12. The van der Waals surface area contributed by atoms with E-state index in [1.165, 1.54) is 46.6 Å². The quantitative estimate of drug-likeness (QED) is 0.0653. The van der Waals surface area contributed by atoms with Crippen molar-refractivity contribution in [3.05, 3.63) is 210 Å². The van der Waals surface area contributed by atoms with Gasteiger partial charge in [-0.05, 0) is 165 Å². The van der Waals surface area contributed by atoms with Gasteiger partial charge in [0.2, 0.25) is 24.3 Å². The van der Waals surface area contributed by atoms with Gasteiger partial charge in [-0.2, -0.15) is 20.0 Å². The van der Waals surface area contributed by atoms with Crippen LogP contribution in [0.25, 0.3) is 0 Å². The number of allylic oxidation sites excluding steroid dienone is 3. The number of carbonyl (C=O) groups excluding carboxylic acids is 4. The van der Waals surface area contributed by atoms with Crippen LogP contribution in [0.4, 0.5) is 34.1 Å². The lowest BCUT2D eigenvalue weighted by Gasteiger charge is -2.03. The maximum Gasteiger partial charge on any atom is 0.292 e. The molecule has 0 spiro atoms. The number of benzene rings is 6. The Hall–Kier alpha value is -10.2. The standard InChI is InChI=1S/C15H10N2O2.C15H13NO.C10H8N2O.C9H6N2O.C7H7NO/c18-10-16-14-5-1-12(2-6-14)9-13-3-7-15(8-4-13)17-11-19;1-12-2-4-13(5-3-12)10-14-6-8-15(9-7-14)17-11-16;1-3-11-9-5-4-8(2)10(6-9)12-7-13;1-2-10-8-3-5-9(6-4-8)11-7-12;1-6-2-3-7(4-6)9-5-8/h1-8H,9H2;2-9H,10H2,1H3;4-6H,1H2,2H3;3-6H,1H2;2-3H,4H2,1H3. The number of isocyanates is 4. The molecule has 0 fully saturated rings. The molecule has 1 aliphatic rings. The molecule has 0 saturated carbocycles. The number of nitrogens with zero attached hydrogens (tertiary/aromatic N) is 8. The van der Waals surface area contributed by atoms with E-state index in [0.717, 1.165) is 47.4 Å². The zero-order valence-electron chi connectivity index (χ0n) is 38.5. The average molecular weight is 925 g/mol. The van der Waals surface area contributed by atoms with Gasteiger partial charge in [0.25, 0.3) is 12.5 Å². The van der Waals surface area contributed by atoms with Gasteiger partial charge in [-0.3, -0.25) is 0 Å². The highest BCUT2D eigenvalue weighted by Gasteiger charge is 2.04. The summed E-state index contributed by atoms with van der Waals surface area (Å²) in [5.41, 5.74) is 11.8. The van der Waals surface area contributed by atoms with E-state index in [9.17, 15) is 19.2 Å². The van der Waals surface area contributed by atoms with Crippen molar-refractivity contribution in [1.82, 2.24) is 0 Å². The maximum absolute atomic E-state index is 10.1. The summed E-state index contributed by atoms with van der Waals surface area (Å²) < 4.78 is 9.32. The summed E-state index contributed by atoms with van der Waals surface area (Å²) in [6, 6.07) is 42.9. The predicted molar refractivity (Wildman–Crippen MR) is 270 cm³/mol. The van der Waals surface area contributed by atoms with E-state index in [0.29, 0.717) is 34.2 Å². The van der Waals surface area contributed by atoms with Gasteiger partial charge in [-0.25, -0.2) is 29.2 Å². The number of aryl methyl sites for hydroxylation is 2. The smallest absolute Gasteiger partial charge is 0.292 e. The number of hydrogen-bond acceptors (Lipinski definition) is 14. The largest absolute Gasteiger partial charge is 0.392 e. The molecule has 6 aromatic carbocycles. The van der Waals surface area contributed by atoms with Crippen LogP contribution in [0.1, 0.15) is 46.7 Å². The van der Waals surface area contributed by atoms with Crippen molar-refractivity contribution in [2.45, 2.75) is 40.0 Å². The summed E-state index contributed by atoms with van der Waals surface area (Å²) in [4.78, 5) is 61.8. The molecular weight excluding hydrogens is 881 g/mol. The molecule has 0 unspecified atom stereocenters. The van der Waals surface area contributed by atoms with Gasteiger partial charge < -0.3 is 9.47 Å². The molecule has 0 amide bonds. The minimum Gasteiger partial charge on any atom is -0.392 e. The van der Waals surface area contributed by atoms with E-state index in [4.69, 9.17) is 15.3 Å². The Kier molecular flexibility index (Phi) is 24.5. The Labute approximate surface area is 405 Å². The Balaban J connectivity index is 0.000000237. The van der Waals surface area contributed by atoms with Gasteiger partial charge >= 0.3 is 0 Å². The van der Waals surface area contributed by atoms with Gasteiger partial charge in [-0.1, -0.05) is 83.9 Å². The van der Waals surface area contributed by atoms with Crippen molar-refractivity contribution in [1.29, 1.82) is 10.5 Å². The van der Waals surface area contributed by atoms with Gasteiger partial charge in [0, 0.05) is 6.42 Å². The van der Waals surface area contributed by atoms with Gasteiger partial charge in [0.15, 0.2) is 0 Å². The van der Waals surface area contributed by atoms with Crippen molar-refractivity contribution in [3.63, 3.8) is 0 Å². The zero-order chi connectivity index (χ0) is 50.8.